The monoisotopic (exact) mass is 266 g/mol. The van der Waals surface area contributed by atoms with Crippen LogP contribution < -0.4 is 0 Å². The van der Waals surface area contributed by atoms with E-state index in [4.69, 9.17) is 0 Å². The van der Waals surface area contributed by atoms with Crippen LogP contribution in [0.15, 0.2) is 56.0 Å². The Balaban J connectivity index is 2.13. The Labute approximate surface area is 112 Å². The molecule has 0 saturated heterocycles. The van der Waals surface area contributed by atoms with Gasteiger partial charge in [0.2, 0.25) is 0 Å². The first-order valence-corrected chi connectivity index (χ1v) is 6.93. The second kappa shape index (κ2) is 5.39. The second-order valence-electron chi connectivity index (χ2n) is 3.93. The highest BCUT2D eigenvalue weighted by atomic mass is 32.2. The van der Waals surface area contributed by atoms with Gasteiger partial charge in [0.25, 0.3) is 0 Å². The lowest BCUT2D eigenvalue weighted by molar-refractivity contribution is 0.718. The molecule has 0 nitrogen and oxygen atoms in total. The fourth-order valence-corrected chi connectivity index (χ4v) is 3.07. The SMILES string of the molecule is CC1CC(S)=CC=C1Sc1ccc(S)cc1. The highest BCUT2D eigenvalue weighted by Gasteiger charge is 2.14. The van der Waals surface area contributed by atoms with Crippen molar-refractivity contribution in [1.29, 1.82) is 0 Å². The Bertz CT molecular complexity index is 429. The molecule has 84 valence electrons. The number of hydrogen-bond donors (Lipinski definition) is 2. The van der Waals surface area contributed by atoms with Gasteiger partial charge >= 0.3 is 0 Å². The van der Waals surface area contributed by atoms with Crippen LogP contribution in [0.2, 0.25) is 0 Å². The first kappa shape index (κ1) is 12.2. The molecule has 0 aromatic heterocycles. The van der Waals surface area contributed by atoms with E-state index >= 15 is 0 Å². The molecule has 1 aromatic carbocycles. The van der Waals surface area contributed by atoms with Crippen molar-refractivity contribution in [1.82, 2.24) is 0 Å². The Morgan fingerprint density at radius 3 is 2.44 bits per heavy atom. The van der Waals surface area contributed by atoms with Gasteiger partial charge in [0, 0.05) is 9.79 Å². The molecule has 0 heterocycles. The maximum Gasteiger partial charge on any atom is 0.0119 e. The zero-order chi connectivity index (χ0) is 11.5. The van der Waals surface area contributed by atoms with Crippen molar-refractivity contribution < 1.29 is 0 Å². The summed E-state index contributed by atoms with van der Waals surface area (Å²) in [5, 5.41) is 0. The molecule has 0 fully saturated rings. The van der Waals surface area contributed by atoms with Gasteiger partial charge < -0.3 is 0 Å². The van der Waals surface area contributed by atoms with E-state index in [9.17, 15) is 0 Å². The van der Waals surface area contributed by atoms with Gasteiger partial charge in [-0.2, -0.15) is 0 Å². The van der Waals surface area contributed by atoms with Crippen molar-refractivity contribution in [2.24, 2.45) is 5.92 Å². The maximum absolute atomic E-state index is 4.40. The number of hydrogen-bond acceptors (Lipinski definition) is 3. The van der Waals surface area contributed by atoms with Gasteiger partial charge in [0.05, 0.1) is 0 Å². The van der Waals surface area contributed by atoms with Crippen LogP contribution in [0.5, 0.6) is 0 Å². The van der Waals surface area contributed by atoms with Crippen LogP contribution in [0.25, 0.3) is 0 Å². The molecule has 1 atom stereocenters. The van der Waals surface area contributed by atoms with Crippen molar-refractivity contribution in [2.75, 3.05) is 0 Å². The minimum absolute atomic E-state index is 0.568. The zero-order valence-corrected chi connectivity index (χ0v) is 11.7. The van der Waals surface area contributed by atoms with Crippen molar-refractivity contribution in [3.63, 3.8) is 0 Å². The predicted molar refractivity (Wildman–Crippen MR) is 78.5 cm³/mol. The van der Waals surface area contributed by atoms with E-state index in [1.54, 1.807) is 0 Å². The van der Waals surface area contributed by atoms with E-state index < -0.39 is 0 Å². The molecule has 1 unspecified atom stereocenters. The summed E-state index contributed by atoms with van der Waals surface area (Å²) in [7, 11) is 0. The summed E-state index contributed by atoms with van der Waals surface area (Å²) in [6, 6.07) is 8.28. The molecule has 0 bridgehead atoms. The van der Waals surface area contributed by atoms with Crippen molar-refractivity contribution in [3.05, 3.63) is 46.2 Å². The molecule has 0 amide bonds. The first-order chi connectivity index (χ1) is 7.65. The van der Waals surface area contributed by atoms with Gasteiger partial charge in [-0.05, 0) is 46.4 Å². The summed E-state index contributed by atoms with van der Waals surface area (Å²) in [6.07, 6.45) is 5.32. The fraction of sp³-hybridized carbons (Fsp3) is 0.231. The van der Waals surface area contributed by atoms with E-state index in [1.807, 2.05) is 23.9 Å². The topological polar surface area (TPSA) is 0 Å². The third-order valence-electron chi connectivity index (χ3n) is 2.51. The van der Waals surface area contributed by atoms with Crippen molar-refractivity contribution >= 4 is 37.0 Å². The molecule has 1 aromatic rings. The van der Waals surface area contributed by atoms with Gasteiger partial charge in [-0.15, -0.1) is 25.3 Å². The number of allylic oxidation sites excluding steroid dienone is 4. The molecule has 1 aliphatic rings. The average Bonchev–Trinajstić information content (AvgIpc) is 2.25. The van der Waals surface area contributed by atoms with Crippen molar-refractivity contribution in [2.45, 2.75) is 23.1 Å². The molecule has 16 heavy (non-hydrogen) atoms. The molecule has 2 rings (SSSR count). The molecule has 0 aliphatic heterocycles. The lowest BCUT2D eigenvalue weighted by Crippen LogP contribution is -2.00. The summed E-state index contributed by atoms with van der Waals surface area (Å²) in [6.45, 7) is 2.25. The molecule has 0 N–H and O–H groups in total. The molecular formula is C13H14S3. The largest absolute Gasteiger partial charge is 0.148 e. The van der Waals surface area contributed by atoms with Crippen LogP contribution in [0.3, 0.4) is 0 Å². The van der Waals surface area contributed by atoms with E-state index in [2.05, 4.69) is 56.5 Å². The van der Waals surface area contributed by atoms with Crippen LogP contribution in [0.4, 0.5) is 0 Å². The van der Waals surface area contributed by atoms with Crippen molar-refractivity contribution in [3.8, 4) is 0 Å². The third-order valence-corrected chi connectivity index (χ3v) is 4.43. The smallest absolute Gasteiger partial charge is 0.0119 e. The lowest BCUT2D eigenvalue weighted by atomic mass is 10.0. The Kier molecular flexibility index (Phi) is 4.11. The number of rotatable bonds is 2. The summed E-state index contributed by atoms with van der Waals surface area (Å²) < 4.78 is 0. The Hall–Kier alpha value is -0.250. The third kappa shape index (κ3) is 3.12. The van der Waals surface area contributed by atoms with E-state index in [1.165, 1.54) is 14.7 Å². The number of benzene rings is 1. The molecule has 0 saturated carbocycles. The highest BCUT2D eigenvalue weighted by Crippen LogP contribution is 2.38. The van der Waals surface area contributed by atoms with Crippen LogP contribution in [-0.2, 0) is 0 Å². The Morgan fingerprint density at radius 2 is 1.81 bits per heavy atom. The molecule has 1 aliphatic carbocycles. The fourth-order valence-electron chi connectivity index (χ4n) is 1.61. The minimum Gasteiger partial charge on any atom is -0.148 e. The van der Waals surface area contributed by atoms with Crippen LogP contribution in [0, 0.1) is 5.92 Å². The molecule has 0 spiro atoms. The summed E-state index contributed by atoms with van der Waals surface area (Å²) in [5.74, 6) is 0.568. The molecule has 3 heteroatoms. The second-order valence-corrected chi connectivity index (χ2v) is 6.17. The standard InChI is InChI=1S/C13H14S3/c1-9-8-11(15)4-7-13(9)16-12-5-2-10(14)3-6-12/h2-7,9,14-15H,8H2,1H3. The van der Waals surface area contributed by atoms with Crippen LogP contribution in [0.1, 0.15) is 13.3 Å². The maximum atomic E-state index is 4.40. The van der Waals surface area contributed by atoms with Crippen LogP contribution >= 0.6 is 37.0 Å². The summed E-state index contributed by atoms with van der Waals surface area (Å²) >= 11 is 10.5. The Morgan fingerprint density at radius 1 is 1.12 bits per heavy atom. The lowest BCUT2D eigenvalue weighted by Gasteiger charge is -2.18. The van der Waals surface area contributed by atoms with Gasteiger partial charge in [-0.3, -0.25) is 0 Å². The van der Waals surface area contributed by atoms with E-state index in [0.29, 0.717) is 5.92 Å². The first-order valence-electron chi connectivity index (χ1n) is 5.22. The highest BCUT2D eigenvalue weighted by molar-refractivity contribution is 8.03. The average molecular weight is 266 g/mol. The van der Waals surface area contributed by atoms with E-state index in [0.717, 1.165) is 11.3 Å². The minimum atomic E-state index is 0.568. The van der Waals surface area contributed by atoms with Gasteiger partial charge in [-0.25, -0.2) is 0 Å². The number of thiol groups is 2. The summed E-state index contributed by atoms with van der Waals surface area (Å²) in [4.78, 5) is 4.85. The van der Waals surface area contributed by atoms with Gasteiger partial charge in [-0.1, -0.05) is 30.8 Å². The van der Waals surface area contributed by atoms with Gasteiger partial charge in [0.1, 0.15) is 0 Å². The van der Waals surface area contributed by atoms with Gasteiger partial charge in [0.15, 0.2) is 0 Å². The van der Waals surface area contributed by atoms with Crippen LogP contribution in [-0.4, -0.2) is 0 Å². The quantitative estimate of drug-likeness (QED) is 0.725. The summed E-state index contributed by atoms with van der Waals surface area (Å²) in [5.41, 5.74) is 0. The van der Waals surface area contributed by atoms with E-state index in [-0.39, 0.29) is 0 Å². The molecular weight excluding hydrogens is 252 g/mol. The number of thioether (sulfide) groups is 1. The molecule has 0 radical (unpaired) electrons. The predicted octanol–water partition coefficient (Wildman–Crippen LogP) is 4.80. The zero-order valence-electron chi connectivity index (χ0n) is 9.05. The normalized spacial score (nSPS) is 20.3.